The Balaban J connectivity index is 0.000000172. The lowest BCUT2D eigenvalue weighted by atomic mass is 10.1. The van der Waals surface area contributed by atoms with Gasteiger partial charge in [0.2, 0.25) is 0 Å². The second kappa shape index (κ2) is 14.7. The zero-order chi connectivity index (χ0) is 40.1. The number of nitro groups is 2. The Bertz CT molecular complexity index is 2900. The molecule has 0 atom stereocenters. The van der Waals surface area contributed by atoms with Crippen LogP contribution in [0.2, 0.25) is 0 Å². The first kappa shape index (κ1) is 38.5. The standard InChI is InChI=1S/2C19H13BrN2O5S/c2*1-27-14-5-8-16-17-10-12(20)2-9-18(17)21(19(16)11-14)28(25,26)15-6-3-13(4-7-15)22(23)24/h2*2-11H,1H3. The molecular formula is C38H26Br2N4O10S2. The Kier molecular flexibility index (Phi) is 10.1. The van der Waals surface area contributed by atoms with Crippen LogP contribution in [0.5, 0.6) is 11.5 Å². The minimum absolute atomic E-state index is 0.0392. The van der Waals surface area contributed by atoms with Crippen molar-refractivity contribution in [3.63, 3.8) is 0 Å². The Morgan fingerprint density at radius 1 is 0.482 bits per heavy atom. The van der Waals surface area contributed by atoms with E-state index in [0.29, 0.717) is 33.6 Å². The molecule has 2 aromatic heterocycles. The Morgan fingerprint density at radius 3 is 1.16 bits per heavy atom. The molecule has 0 fully saturated rings. The van der Waals surface area contributed by atoms with Crippen molar-refractivity contribution in [1.29, 1.82) is 0 Å². The number of fused-ring (bicyclic) bond motifs is 6. The van der Waals surface area contributed by atoms with E-state index in [9.17, 15) is 37.1 Å². The summed E-state index contributed by atoms with van der Waals surface area (Å²) in [7, 11) is -4.99. The highest BCUT2D eigenvalue weighted by Crippen LogP contribution is 2.38. The van der Waals surface area contributed by atoms with Crippen LogP contribution in [0.4, 0.5) is 11.4 Å². The monoisotopic (exact) mass is 920 g/mol. The number of rotatable bonds is 8. The summed E-state index contributed by atoms with van der Waals surface area (Å²) in [4.78, 5) is 20.5. The number of hydrogen-bond donors (Lipinski definition) is 0. The van der Waals surface area contributed by atoms with Crippen molar-refractivity contribution in [2.24, 2.45) is 0 Å². The number of ether oxygens (including phenoxy) is 2. The maximum Gasteiger partial charge on any atom is 0.269 e. The molecule has 0 aliphatic carbocycles. The molecule has 0 amide bonds. The number of benzene rings is 6. The van der Waals surface area contributed by atoms with Gasteiger partial charge < -0.3 is 9.47 Å². The molecule has 8 rings (SSSR count). The van der Waals surface area contributed by atoms with Crippen molar-refractivity contribution in [1.82, 2.24) is 7.94 Å². The van der Waals surface area contributed by atoms with Gasteiger partial charge in [0, 0.05) is 66.9 Å². The fraction of sp³-hybridized carbons (Fsp3) is 0.0526. The zero-order valence-electron chi connectivity index (χ0n) is 29.0. The fourth-order valence-corrected chi connectivity index (χ4v) is 10.1. The SMILES string of the molecule is COc1ccc2c3cc(Br)ccc3n(S(=O)(=O)c3ccc([N+](=O)[O-])cc3)c2c1.COc1ccc2c3cc(Br)ccc3n(S(=O)(=O)c3ccc([N+](=O)[O-])cc3)c2c1. The summed E-state index contributed by atoms with van der Waals surface area (Å²) in [5.74, 6) is 1.05. The second-order valence-corrected chi connectivity index (χ2v) is 17.5. The van der Waals surface area contributed by atoms with Gasteiger partial charge in [-0.1, -0.05) is 31.9 Å². The average molecular weight is 923 g/mol. The molecule has 0 saturated carbocycles. The van der Waals surface area contributed by atoms with Gasteiger partial charge in [0.25, 0.3) is 31.4 Å². The molecule has 2 heterocycles. The Hall–Kier alpha value is -5.82. The van der Waals surface area contributed by atoms with E-state index in [1.165, 1.54) is 70.7 Å². The van der Waals surface area contributed by atoms with Gasteiger partial charge in [0.1, 0.15) is 11.5 Å². The summed E-state index contributed by atoms with van der Waals surface area (Å²) in [6.07, 6.45) is 0. The minimum atomic E-state index is -4.01. The third-order valence-electron chi connectivity index (χ3n) is 8.95. The summed E-state index contributed by atoms with van der Waals surface area (Å²) < 4.78 is 68.4. The maximum atomic E-state index is 13.4. The molecule has 0 spiro atoms. The lowest BCUT2D eigenvalue weighted by Gasteiger charge is -2.10. The summed E-state index contributed by atoms with van der Waals surface area (Å²) in [6.45, 7) is 0. The van der Waals surface area contributed by atoms with Crippen LogP contribution >= 0.6 is 31.9 Å². The molecule has 56 heavy (non-hydrogen) atoms. The Morgan fingerprint density at radius 2 is 0.839 bits per heavy atom. The summed E-state index contributed by atoms with van der Waals surface area (Å²) >= 11 is 6.85. The van der Waals surface area contributed by atoms with E-state index in [0.717, 1.165) is 30.5 Å². The second-order valence-electron chi connectivity index (χ2n) is 12.1. The smallest absolute Gasteiger partial charge is 0.269 e. The van der Waals surface area contributed by atoms with Crippen molar-refractivity contribution >= 4 is 107 Å². The Labute approximate surface area is 335 Å². The van der Waals surface area contributed by atoms with Crippen LogP contribution in [0.1, 0.15) is 0 Å². The van der Waals surface area contributed by atoms with E-state index in [2.05, 4.69) is 31.9 Å². The molecular weight excluding hydrogens is 896 g/mol. The third-order valence-corrected chi connectivity index (χ3v) is 13.4. The highest BCUT2D eigenvalue weighted by Gasteiger charge is 2.26. The van der Waals surface area contributed by atoms with Crippen LogP contribution in [-0.2, 0) is 20.0 Å². The summed E-state index contributed by atoms with van der Waals surface area (Å²) in [5.41, 5.74) is 1.59. The molecule has 8 aromatic rings. The highest BCUT2D eigenvalue weighted by atomic mass is 79.9. The highest BCUT2D eigenvalue weighted by molar-refractivity contribution is 9.10. The van der Waals surface area contributed by atoms with E-state index >= 15 is 0 Å². The van der Waals surface area contributed by atoms with Gasteiger partial charge in [0.15, 0.2) is 0 Å². The van der Waals surface area contributed by atoms with E-state index in [1.807, 2.05) is 24.3 Å². The van der Waals surface area contributed by atoms with Crippen LogP contribution in [0, 0.1) is 20.2 Å². The fourth-order valence-electron chi connectivity index (χ4n) is 6.34. The van der Waals surface area contributed by atoms with Crippen molar-refractivity contribution in [3.05, 3.63) is 151 Å². The summed E-state index contributed by atoms with van der Waals surface area (Å²) in [6, 6.07) is 30.8. The molecule has 0 aliphatic heterocycles. The lowest BCUT2D eigenvalue weighted by molar-refractivity contribution is -0.385. The normalized spacial score (nSPS) is 11.8. The molecule has 18 heteroatoms. The topological polar surface area (TPSA) is 183 Å². The molecule has 284 valence electrons. The molecule has 0 bridgehead atoms. The van der Waals surface area contributed by atoms with Gasteiger partial charge in [-0.25, -0.2) is 24.8 Å². The number of nitro benzene ring substituents is 2. The van der Waals surface area contributed by atoms with Crippen LogP contribution in [-0.4, -0.2) is 48.8 Å². The number of hydrogen-bond acceptors (Lipinski definition) is 10. The van der Waals surface area contributed by atoms with Crippen LogP contribution in [0.15, 0.2) is 140 Å². The van der Waals surface area contributed by atoms with E-state index in [4.69, 9.17) is 9.47 Å². The zero-order valence-corrected chi connectivity index (χ0v) is 33.8. The number of methoxy groups -OCH3 is 2. The molecule has 0 radical (unpaired) electrons. The van der Waals surface area contributed by atoms with Gasteiger partial charge >= 0.3 is 0 Å². The molecule has 6 aromatic carbocycles. The van der Waals surface area contributed by atoms with Crippen LogP contribution < -0.4 is 9.47 Å². The predicted octanol–water partition coefficient (Wildman–Crippen LogP) is 9.42. The van der Waals surface area contributed by atoms with Gasteiger partial charge in [-0.2, -0.15) is 0 Å². The van der Waals surface area contributed by atoms with Gasteiger partial charge in [0.05, 0.1) is 55.9 Å². The molecule has 0 unspecified atom stereocenters. The first-order chi connectivity index (χ1) is 26.6. The van der Waals surface area contributed by atoms with Crippen molar-refractivity contribution in [3.8, 4) is 11.5 Å². The van der Waals surface area contributed by atoms with Crippen molar-refractivity contribution in [2.45, 2.75) is 9.79 Å². The third kappa shape index (κ3) is 6.74. The maximum absolute atomic E-state index is 13.4. The first-order valence-electron chi connectivity index (χ1n) is 16.2. The van der Waals surface area contributed by atoms with E-state index < -0.39 is 29.9 Å². The van der Waals surface area contributed by atoms with Crippen molar-refractivity contribution in [2.75, 3.05) is 14.2 Å². The quantitative estimate of drug-likeness (QED) is 0.105. The average Bonchev–Trinajstić information content (AvgIpc) is 3.70. The van der Waals surface area contributed by atoms with Gasteiger partial charge in [-0.05, 0) is 84.9 Å². The van der Waals surface area contributed by atoms with Gasteiger partial charge in [-0.15, -0.1) is 0 Å². The minimum Gasteiger partial charge on any atom is -0.497 e. The number of aromatic nitrogens is 2. The molecule has 0 saturated heterocycles. The van der Waals surface area contributed by atoms with Crippen LogP contribution in [0.25, 0.3) is 43.6 Å². The van der Waals surface area contributed by atoms with Crippen molar-refractivity contribution < 1.29 is 36.2 Å². The largest absolute Gasteiger partial charge is 0.497 e. The summed E-state index contributed by atoms with van der Waals surface area (Å²) in [5, 5.41) is 24.8. The number of non-ortho nitro benzene ring substituents is 2. The predicted molar refractivity (Wildman–Crippen MR) is 219 cm³/mol. The first-order valence-corrected chi connectivity index (χ1v) is 20.7. The van der Waals surface area contributed by atoms with Gasteiger partial charge in [-0.3, -0.25) is 20.2 Å². The van der Waals surface area contributed by atoms with Crippen LogP contribution in [0.3, 0.4) is 0 Å². The number of nitrogens with zero attached hydrogens (tertiary/aromatic N) is 4. The molecule has 0 aliphatic rings. The molecule has 0 N–H and O–H groups in total. The van der Waals surface area contributed by atoms with E-state index in [1.54, 1.807) is 48.5 Å². The van der Waals surface area contributed by atoms with E-state index in [-0.39, 0.29) is 21.2 Å². The lowest BCUT2D eigenvalue weighted by Crippen LogP contribution is -2.12. The molecule has 14 nitrogen and oxygen atoms in total. The number of halogens is 2.